The molecular weight excluding hydrogens is 220 g/mol. The molecule has 2 aliphatic heterocycles. The van der Waals surface area contributed by atoms with Gasteiger partial charge in [-0.05, 0) is 12.8 Å². The lowest BCUT2D eigenvalue weighted by molar-refractivity contribution is -0.150. The van der Waals surface area contributed by atoms with Crippen molar-refractivity contribution in [3.8, 4) is 0 Å². The second-order valence-corrected chi connectivity index (χ2v) is 6.55. The van der Waals surface area contributed by atoms with E-state index in [1.165, 1.54) is 0 Å². The fourth-order valence-electron chi connectivity index (χ4n) is 2.51. The van der Waals surface area contributed by atoms with Crippen molar-refractivity contribution in [1.29, 1.82) is 0 Å². The summed E-state index contributed by atoms with van der Waals surface area (Å²) in [5.74, 6) is -1.36. The van der Waals surface area contributed by atoms with Crippen LogP contribution in [0.5, 0.6) is 0 Å². The van der Waals surface area contributed by atoms with Crippen LogP contribution in [0.1, 0.15) is 12.8 Å². The summed E-state index contributed by atoms with van der Waals surface area (Å²) in [6, 6.07) is 0. The number of carboxylic acids is 1. The molecule has 2 heterocycles. The molecule has 2 saturated heterocycles. The van der Waals surface area contributed by atoms with Gasteiger partial charge in [0.2, 0.25) is 0 Å². The Bertz CT molecular complexity index is 368. The molecule has 0 bridgehead atoms. The highest BCUT2D eigenvalue weighted by Crippen LogP contribution is 2.43. The number of sulfone groups is 1. The maximum Gasteiger partial charge on any atom is 0.311 e. The third-order valence-electron chi connectivity index (χ3n) is 3.47. The first-order chi connectivity index (χ1) is 6.96. The van der Waals surface area contributed by atoms with E-state index in [1.807, 2.05) is 0 Å². The van der Waals surface area contributed by atoms with Crippen LogP contribution in [-0.2, 0) is 19.4 Å². The van der Waals surface area contributed by atoms with Gasteiger partial charge < -0.3 is 9.84 Å². The number of rotatable bonds is 2. The summed E-state index contributed by atoms with van der Waals surface area (Å²) < 4.78 is 28.0. The Kier molecular flexibility index (Phi) is 2.50. The topological polar surface area (TPSA) is 80.7 Å². The highest BCUT2D eigenvalue weighted by atomic mass is 32.2. The highest BCUT2D eigenvalue weighted by molar-refractivity contribution is 7.91. The van der Waals surface area contributed by atoms with Crippen molar-refractivity contribution in [1.82, 2.24) is 0 Å². The fourth-order valence-corrected chi connectivity index (χ4v) is 4.62. The summed E-state index contributed by atoms with van der Waals surface area (Å²) >= 11 is 0. The summed E-state index contributed by atoms with van der Waals surface area (Å²) in [5.41, 5.74) is -1.09. The number of ether oxygens (including phenoxy) is 1. The van der Waals surface area contributed by atoms with Crippen molar-refractivity contribution in [2.75, 3.05) is 24.7 Å². The van der Waals surface area contributed by atoms with Crippen LogP contribution < -0.4 is 0 Å². The molecule has 0 amide bonds. The Labute approximate surface area is 88.3 Å². The largest absolute Gasteiger partial charge is 0.481 e. The van der Waals surface area contributed by atoms with E-state index in [1.54, 1.807) is 0 Å². The Morgan fingerprint density at radius 1 is 1.47 bits per heavy atom. The number of hydrogen-bond donors (Lipinski definition) is 1. The second-order valence-electron chi connectivity index (χ2n) is 4.36. The molecule has 2 rings (SSSR count). The first-order valence-corrected chi connectivity index (χ1v) is 6.80. The van der Waals surface area contributed by atoms with Crippen molar-refractivity contribution in [2.24, 2.45) is 11.3 Å². The molecule has 0 saturated carbocycles. The predicted octanol–water partition coefficient (Wildman–Crippen LogP) is -0.0876. The van der Waals surface area contributed by atoms with E-state index in [0.29, 0.717) is 19.6 Å². The van der Waals surface area contributed by atoms with Gasteiger partial charge >= 0.3 is 5.97 Å². The standard InChI is InChI=1S/C9H14O5S/c10-8(11)9(7-1-3-14-5-7)2-4-15(12,13)6-9/h7H,1-6H2,(H,10,11). The van der Waals surface area contributed by atoms with Crippen LogP contribution in [0.4, 0.5) is 0 Å². The molecule has 86 valence electrons. The van der Waals surface area contributed by atoms with Gasteiger partial charge in [0.15, 0.2) is 9.84 Å². The summed E-state index contributed by atoms with van der Waals surface area (Å²) in [4.78, 5) is 11.3. The van der Waals surface area contributed by atoms with Gasteiger partial charge in [-0.15, -0.1) is 0 Å². The lowest BCUT2D eigenvalue weighted by Gasteiger charge is -2.28. The summed E-state index contributed by atoms with van der Waals surface area (Å²) in [7, 11) is -3.17. The molecule has 5 nitrogen and oxygen atoms in total. The van der Waals surface area contributed by atoms with Crippen LogP contribution in [0.2, 0.25) is 0 Å². The first-order valence-electron chi connectivity index (χ1n) is 4.98. The van der Waals surface area contributed by atoms with E-state index in [0.717, 1.165) is 0 Å². The van der Waals surface area contributed by atoms with E-state index in [-0.39, 0.29) is 23.8 Å². The molecule has 2 fully saturated rings. The van der Waals surface area contributed by atoms with E-state index < -0.39 is 21.2 Å². The average Bonchev–Trinajstić information content (AvgIpc) is 2.71. The fraction of sp³-hybridized carbons (Fsp3) is 0.889. The van der Waals surface area contributed by atoms with Crippen molar-refractivity contribution >= 4 is 15.8 Å². The number of hydrogen-bond acceptors (Lipinski definition) is 4. The normalized spacial score (nSPS) is 39.3. The Hall–Kier alpha value is -0.620. The van der Waals surface area contributed by atoms with Crippen molar-refractivity contribution in [3.63, 3.8) is 0 Å². The molecule has 2 unspecified atom stereocenters. The maximum atomic E-state index is 11.4. The van der Waals surface area contributed by atoms with E-state index >= 15 is 0 Å². The molecule has 0 aliphatic carbocycles. The smallest absolute Gasteiger partial charge is 0.311 e. The van der Waals surface area contributed by atoms with Gasteiger partial charge in [-0.1, -0.05) is 0 Å². The third-order valence-corrected chi connectivity index (χ3v) is 5.25. The maximum absolute atomic E-state index is 11.4. The van der Waals surface area contributed by atoms with Crippen LogP contribution in [0.15, 0.2) is 0 Å². The minimum absolute atomic E-state index is 0.00417. The first kappa shape index (κ1) is 10.9. The molecule has 0 aromatic rings. The number of carboxylic acid groups (broad SMARTS) is 1. The lowest BCUT2D eigenvalue weighted by Crippen LogP contribution is -2.40. The second kappa shape index (κ2) is 3.45. The van der Waals surface area contributed by atoms with Crippen LogP contribution in [-0.4, -0.2) is 44.2 Å². The van der Waals surface area contributed by atoms with Crippen LogP contribution in [0.3, 0.4) is 0 Å². The van der Waals surface area contributed by atoms with Crippen molar-refractivity contribution in [3.05, 3.63) is 0 Å². The molecule has 0 spiro atoms. The zero-order valence-corrected chi connectivity index (χ0v) is 9.12. The molecular formula is C9H14O5S. The SMILES string of the molecule is O=C(O)C1(C2CCOC2)CCS(=O)(=O)C1. The highest BCUT2D eigenvalue weighted by Gasteiger charge is 2.54. The molecule has 6 heteroatoms. The zero-order valence-electron chi connectivity index (χ0n) is 8.31. The third kappa shape index (κ3) is 1.76. The van der Waals surface area contributed by atoms with Gasteiger partial charge in [-0.25, -0.2) is 8.42 Å². The van der Waals surface area contributed by atoms with E-state index in [9.17, 15) is 18.3 Å². The molecule has 15 heavy (non-hydrogen) atoms. The van der Waals surface area contributed by atoms with Gasteiger partial charge in [0.05, 0.1) is 23.5 Å². The Morgan fingerprint density at radius 3 is 2.60 bits per heavy atom. The zero-order chi connectivity index (χ0) is 11.1. The molecule has 0 aromatic carbocycles. The minimum Gasteiger partial charge on any atom is -0.481 e. The molecule has 1 N–H and O–H groups in total. The Balaban J connectivity index is 2.30. The quantitative estimate of drug-likeness (QED) is 0.722. The number of carbonyl (C=O) groups is 1. The van der Waals surface area contributed by atoms with Gasteiger partial charge in [0.25, 0.3) is 0 Å². The van der Waals surface area contributed by atoms with Gasteiger partial charge in [-0.3, -0.25) is 4.79 Å². The van der Waals surface area contributed by atoms with E-state index in [4.69, 9.17) is 4.74 Å². The average molecular weight is 234 g/mol. The van der Waals surface area contributed by atoms with Crippen molar-refractivity contribution < 1.29 is 23.1 Å². The summed E-state index contributed by atoms with van der Waals surface area (Å²) in [6.45, 7) is 0.918. The van der Waals surface area contributed by atoms with Gasteiger partial charge in [0.1, 0.15) is 0 Å². The molecule has 2 atom stereocenters. The molecule has 0 aromatic heterocycles. The van der Waals surface area contributed by atoms with Crippen LogP contribution >= 0.6 is 0 Å². The lowest BCUT2D eigenvalue weighted by atomic mass is 9.74. The van der Waals surface area contributed by atoms with Crippen molar-refractivity contribution in [2.45, 2.75) is 12.8 Å². The molecule has 0 radical (unpaired) electrons. The van der Waals surface area contributed by atoms with Gasteiger partial charge in [-0.2, -0.15) is 0 Å². The summed E-state index contributed by atoms with van der Waals surface area (Å²) in [5, 5.41) is 9.24. The van der Waals surface area contributed by atoms with Crippen LogP contribution in [0, 0.1) is 11.3 Å². The summed E-state index contributed by atoms with van der Waals surface area (Å²) in [6.07, 6.45) is 0.889. The predicted molar refractivity (Wildman–Crippen MR) is 52.3 cm³/mol. The van der Waals surface area contributed by atoms with E-state index in [2.05, 4.69) is 0 Å². The van der Waals surface area contributed by atoms with Crippen LogP contribution in [0.25, 0.3) is 0 Å². The Morgan fingerprint density at radius 2 is 2.20 bits per heavy atom. The molecule has 2 aliphatic rings. The van der Waals surface area contributed by atoms with Gasteiger partial charge in [0, 0.05) is 12.5 Å². The minimum atomic E-state index is -3.17. The monoisotopic (exact) mass is 234 g/mol. The number of aliphatic carboxylic acids is 1.